The lowest BCUT2D eigenvalue weighted by Crippen LogP contribution is -2.33. The van der Waals surface area contributed by atoms with Crippen LogP contribution in [0.3, 0.4) is 0 Å². The van der Waals surface area contributed by atoms with Gasteiger partial charge in [0.15, 0.2) is 23.2 Å². The second kappa shape index (κ2) is 7.60. The average molecular weight is 401 g/mol. The summed E-state index contributed by atoms with van der Waals surface area (Å²) in [5, 5.41) is 43.3. The topological polar surface area (TPSA) is 184 Å². The first-order chi connectivity index (χ1) is 14.0. The van der Waals surface area contributed by atoms with E-state index >= 15 is 0 Å². The summed E-state index contributed by atoms with van der Waals surface area (Å²) in [6.07, 6.45) is -1.97. The third-order valence-electron chi connectivity index (χ3n) is 4.55. The van der Waals surface area contributed by atoms with E-state index in [4.69, 9.17) is 10.5 Å². The molecule has 3 aromatic rings. The number of ether oxygens (including phenoxy) is 1. The molecule has 4 atom stereocenters. The molecule has 0 aliphatic carbocycles. The normalized spacial score (nSPS) is 24.5. The standard InChI is InChI=1S/C17H19N7O5/c18-14-11-15(20-7-19-14)24(16-13(28)12(27)10(6-25)29-16)17(22-11)23-21-5-8-1-3-9(26)4-2-8/h1-5,7,10,12-13,16,25-28H,6H2,(H,22,23)(H2,18,19,20)/t10-,12+,13-,16+/m0/s1. The Bertz CT molecular complexity index is 1040. The van der Waals surface area contributed by atoms with Crippen molar-refractivity contribution in [2.75, 3.05) is 17.8 Å². The molecule has 1 aliphatic heterocycles. The first kappa shape index (κ1) is 19.0. The molecule has 29 heavy (non-hydrogen) atoms. The summed E-state index contributed by atoms with van der Waals surface area (Å²) in [4.78, 5) is 12.4. The van der Waals surface area contributed by atoms with Crippen molar-refractivity contribution in [1.82, 2.24) is 19.5 Å². The van der Waals surface area contributed by atoms with Gasteiger partial charge in [-0.3, -0.25) is 4.57 Å². The van der Waals surface area contributed by atoms with Gasteiger partial charge in [0.25, 0.3) is 0 Å². The SMILES string of the molecule is Nc1ncnc2c1nc(NN=Cc1ccc(O)cc1)n2[C@@H]1O[C@@H](CO)[C@@H](O)[C@@H]1O. The number of hydrazone groups is 1. The van der Waals surface area contributed by atoms with Gasteiger partial charge in [-0.15, -0.1) is 0 Å². The lowest BCUT2D eigenvalue weighted by Gasteiger charge is -2.18. The zero-order valence-corrected chi connectivity index (χ0v) is 15.0. The van der Waals surface area contributed by atoms with E-state index in [9.17, 15) is 20.4 Å². The summed E-state index contributed by atoms with van der Waals surface area (Å²) < 4.78 is 6.99. The molecule has 0 unspecified atom stereocenters. The van der Waals surface area contributed by atoms with Gasteiger partial charge >= 0.3 is 0 Å². The molecule has 3 heterocycles. The van der Waals surface area contributed by atoms with Gasteiger partial charge in [0.1, 0.15) is 30.4 Å². The van der Waals surface area contributed by atoms with Crippen LogP contribution in [0, 0.1) is 0 Å². The molecular weight excluding hydrogens is 382 g/mol. The molecular formula is C17H19N7O5. The maximum Gasteiger partial charge on any atom is 0.228 e. The number of phenols is 1. The highest BCUT2D eigenvalue weighted by Crippen LogP contribution is 2.35. The van der Waals surface area contributed by atoms with Crippen molar-refractivity contribution in [1.29, 1.82) is 0 Å². The van der Waals surface area contributed by atoms with Crippen LogP contribution in [-0.2, 0) is 4.74 Å². The monoisotopic (exact) mass is 401 g/mol. The Labute approximate surface area is 163 Å². The van der Waals surface area contributed by atoms with Crippen molar-refractivity contribution in [3.8, 4) is 5.75 Å². The summed E-state index contributed by atoms with van der Waals surface area (Å²) in [7, 11) is 0. The third kappa shape index (κ3) is 3.45. The second-order valence-electron chi connectivity index (χ2n) is 6.43. The molecule has 1 fully saturated rings. The number of nitrogen functional groups attached to an aromatic ring is 1. The molecule has 0 spiro atoms. The van der Waals surface area contributed by atoms with Crippen molar-refractivity contribution in [2.24, 2.45) is 5.10 Å². The van der Waals surface area contributed by atoms with Crippen molar-refractivity contribution < 1.29 is 25.2 Å². The zero-order valence-electron chi connectivity index (χ0n) is 15.0. The van der Waals surface area contributed by atoms with Crippen LogP contribution in [0.4, 0.5) is 11.8 Å². The number of aromatic hydroxyl groups is 1. The molecule has 12 heteroatoms. The lowest BCUT2D eigenvalue weighted by molar-refractivity contribution is -0.0501. The predicted octanol–water partition coefficient (Wildman–Crippen LogP) is -0.828. The highest BCUT2D eigenvalue weighted by molar-refractivity contribution is 5.84. The summed E-state index contributed by atoms with van der Waals surface area (Å²) >= 11 is 0. The van der Waals surface area contributed by atoms with E-state index in [1.165, 1.54) is 29.2 Å². The number of anilines is 2. The molecule has 0 amide bonds. The van der Waals surface area contributed by atoms with Crippen molar-refractivity contribution >= 4 is 29.1 Å². The van der Waals surface area contributed by atoms with Gasteiger partial charge in [0.2, 0.25) is 5.95 Å². The van der Waals surface area contributed by atoms with Gasteiger partial charge in [-0.1, -0.05) is 0 Å². The number of hydrogen-bond donors (Lipinski definition) is 6. The van der Waals surface area contributed by atoms with Crippen LogP contribution < -0.4 is 11.2 Å². The molecule has 152 valence electrons. The summed E-state index contributed by atoms with van der Waals surface area (Å²) in [6, 6.07) is 6.37. The summed E-state index contributed by atoms with van der Waals surface area (Å²) in [6.45, 7) is -0.472. The minimum atomic E-state index is -1.35. The molecule has 0 bridgehead atoms. The van der Waals surface area contributed by atoms with Crippen LogP contribution in [0.5, 0.6) is 5.75 Å². The van der Waals surface area contributed by atoms with Crippen molar-refractivity contribution in [3.63, 3.8) is 0 Å². The van der Waals surface area contributed by atoms with E-state index in [0.29, 0.717) is 5.56 Å². The van der Waals surface area contributed by atoms with Gasteiger partial charge in [-0.2, -0.15) is 5.10 Å². The Morgan fingerprint density at radius 1 is 1.21 bits per heavy atom. The number of nitrogens with two attached hydrogens (primary N) is 1. The Balaban J connectivity index is 1.71. The Kier molecular flexibility index (Phi) is 4.98. The minimum absolute atomic E-state index is 0.117. The van der Waals surface area contributed by atoms with Gasteiger partial charge in [0, 0.05) is 0 Å². The molecule has 0 saturated carbocycles. The van der Waals surface area contributed by atoms with E-state index in [1.807, 2.05) is 0 Å². The van der Waals surface area contributed by atoms with E-state index in [0.717, 1.165) is 0 Å². The number of benzene rings is 1. The smallest absolute Gasteiger partial charge is 0.228 e. The molecule has 0 radical (unpaired) electrons. The van der Waals surface area contributed by atoms with Crippen LogP contribution in [-0.4, -0.2) is 71.1 Å². The molecule has 1 saturated heterocycles. The van der Waals surface area contributed by atoms with Gasteiger partial charge < -0.3 is 30.9 Å². The van der Waals surface area contributed by atoms with Crippen LogP contribution in [0.2, 0.25) is 0 Å². The fourth-order valence-corrected chi connectivity index (χ4v) is 3.06. The highest BCUT2D eigenvalue weighted by atomic mass is 16.6. The van der Waals surface area contributed by atoms with Crippen LogP contribution >= 0.6 is 0 Å². The molecule has 7 N–H and O–H groups in total. The fourth-order valence-electron chi connectivity index (χ4n) is 3.06. The maximum atomic E-state index is 10.4. The average Bonchev–Trinajstić information content (AvgIpc) is 3.22. The molecule has 12 nitrogen and oxygen atoms in total. The van der Waals surface area contributed by atoms with Crippen molar-refractivity contribution in [3.05, 3.63) is 36.2 Å². The van der Waals surface area contributed by atoms with Gasteiger partial charge in [-0.25, -0.2) is 20.4 Å². The highest BCUT2D eigenvalue weighted by Gasteiger charge is 2.45. The molecule has 1 aliphatic rings. The molecule has 2 aromatic heterocycles. The summed E-state index contributed by atoms with van der Waals surface area (Å²) in [5.74, 6) is 0.387. The predicted molar refractivity (Wildman–Crippen MR) is 102 cm³/mol. The zero-order chi connectivity index (χ0) is 20.5. The van der Waals surface area contributed by atoms with Gasteiger partial charge in [0.05, 0.1) is 12.8 Å². The van der Waals surface area contributed by atoms with Crippen LogP contribution in [0.15, 0.2) is 35.7 Å². The van der Waals surface area contributed by atoms with E-state index < -0.39 is 31.1 Å². The number of rotatable bonds is 5. The number of aliphatic hydroxyl groups excluding tert-OH is 3. The van der Waals surface area contributed by atoms with Crippen LogP contribution in [0.1, 0.15) is 11.8 Å². The molecule has 4 rings (SSSR count). The largest absolute Gasteiger partial charge is 0.508 e. The number of phenolic OH excluding ortho intramolecular Hbond substituents is 1. The number of imidazole rings is 1. The fraction of sp³-hybridized carbons (Fsp3) is 0.294. The summed E-state index contributed by atoms with van der Waals surface area (Å²) in [5.41, 5.74) is 9.84. The second-order valence-corrected chi connectivity index (χ2v) is 6.43. The van der Waals surface area contributed by atoms with E-state index in [2.05, 4.69) is 25.5 Å². The number of aliphatic hydroxyl groups is 3. The Hall–Kier alpha value is -3.32. The Morgan fingerprint density at radius 3 is 2.66 bits per heavy atom. The van der Waals surface area contributed by atoms with E-state index in [-0.39, 0.29) is 28.7 Å². The first-order valence-electron chi connectivity index (χ1n) is 8.68. The number of fused-ring (bicyclic) bond motifs is 1. The number of nitrogens with one attached hydrogen (secondary N) is 1. The van der Waals surface area contributed by atoms with Crippen LogP contribution in [0.25, 0.3) is 11.2 Å². The molecule has 1 aromatic carbocycles. The first-order valence-corrected chi connectivity index (χ1v) is 8.68. The van der Waals surface area contributed by atoms with E-state index in [1.54, 1.807) is 12.1 Å². The maximum absolute atomic E-state index is 10.4. The number of aromatic nitrogens is 4. The number of nitrogens with zero attached hydrogens (tertiary/aromatic N) is 5. The quantitative estimate of drug-likeness (QED) is 0.233. The van der Waals surface area contributed by atoms with Gasteiger partial charge in [-0.05, 0) is 29.8 Å². The lowest BCUT2D eigenvalue weighted by atomic mass is 10.1. The number of hydrogen-bond acceptors (Lipinski definition) is 11. The minimum Gasteiger partial charge on any atom is -0.508 e. The third-order valence-corrected chi connectivity index (χ3v) is 4.55. The van der Waals surface area contributed by atoms with Crippen molar-refractivity contribution in [2.45, 2.75) is 24.5 Å². The Morgan fingerprint density at radius 2 is 1.97 bits per heavy atom.